The summed E-state index contributed by atoms with van der Waals surface area (Å²) in [5.41, 5.74) is 3.12. The third kappa shape index (κ3) is 3.02. The number of rotatable bonds is 3. The Morgan fingerprint density at radius 3 is 2.47 bits per heavy atom. The Kier molecular flexibility index (Phi) is 4.64. The largest absolute Gasteiger partial charge is 0.376 e. The maximum atomic E-state index is 12.5. The van der Waals surface area contributed by atoms with Crippen molar-refractivity contribution in [1.29, 1.82) is 0 Å². The normalized spacial score (nSPS) is 22.9. The average Bonchev–Trinajstić information content (AvgIpc) is 3.07. The molecule has 3 aliphatic heterocycles. The van der Waals surface area contributed by atoms with Crippen molar-refractivity contribution < 1.29 is 19.1 Å². The lowest BCUT2D eigenvalue weighted by molar-refractivity contribution is -0.134. The number of halogens is 1. The zero-order chi connectivity index (χ0) is 20.9. The third-order valence-corrected chi connectivity index (χ3v) is 6.77. The van der Waals surface area contributed by atoms with Crippen molar-refractivity contribution in [3.05, 3.63) is 53.1 Å². The number of hydrogen-bond donors (Lipinski definition) is 1. The zero-order valence-corrected chi connectivity index (χ0v) is 17.1. The van der Waals surface area contributed by atoms with Gasteiger partial charge in [-0.3, -0.25) is 19.7 Å². The highest BCUT2D eigenvalue weighted by Crippen LogP contribution is 2.42. The van der Waals surface area contributed by atoms with E-state index < -0.39 is 5.92 Å². The predicted octanol–water partition coefficient (Wildman–Crippen LogP) is 3.42. The minimum atomic E-state index is -0.435. The van der Waals surface area contributed by atoms with Gasteiger partial charge in [-0.1, -0.05) is 41.9 Å². The fourth-order valence-corrected chi connectivity index (χ4v) is 5.05. The Morgan fingerprint density at radius 1 is 1.03 bits per heavy atom. The number of amides is 3. The van der Waals surface area contributed by atoms with Gasteiger partial charge in [0.2, 0.25) is 17.7 Å². The Morgan fingerprint density at radius 2 is 1.80 bits per heavy atom. The highest BCUT2D eigenvalue weighted by Gasteiger charge is 2.51. The van der Waals surface area contributed by atoms with Crippen LogP contribution in [0.3, 0.4) is 0 Å². The smallest absolute Gasteiger partial charge is 0.234 e. The molecule has 1 atom stereocenters. The van der Waals surface area contributed by atoms with E-state index in [0.717, 1.165) is 28.8 Å². The van der Waals surface area contributed by atoms with Crippen molar-refractivity contribution in [1.82, 2.24) is 5.32 Å². The molecule has 7 heteroatoms. The van der Waals surface area contributed by atoms with Gasteiger partial charge in [-0.2, -0.15) is 0 Å². The number of anilines is 1. The average molecular weight is 425 g/mol. The molecule has 1 unspecified atom stereocenters. The summed E-state index contributed by atoms with van der Waals surface area (Å²) in [6.07, 6.45) is 2.13. The van der Waals surface area contributed by atoms with E-state index in [2.05, 4.69) is 5.32 Å². The van der Waals surface area contributed by atoms with Crippen LogP contribution < -0.4 is 10.2 Å². The van der Waals surface area contributed by atoms with E-state index in [0.29, 0.717) is 37.5 Å². The fourth-order valence-electron chi connectivity index (χ4n) is 4.68. The van der Waals surface area contributed by atoms with Crippen LogP contribution >= 0.6 is 11.6 Å². The van der Waals surface area contributed by atoms with Crippen LogP contribution in [0.1, 0.15) is 37.2 Å². The summed E-state index contributed by atoms with van der Waals surface area (Å²) in [6.45, 7) is 1.17. The Bertz CT molecular complexity index is 1050. The molecule has 3 aliphatic rings. The number of benzene rings is 2. The van der Waals surface area contributed by atoms with Gasteiger partial charge in [0.05, 0.1) is 29.7 Å². The minimum Gasteiger partial charge on any atom is -0.376 e. The van der Waals surface area contributed by atoms with Crippen LogP contribution in [0.15, 0.2) is 42.5 Å². The molecule has 0 aromatic heterocycles. The van der Waals surface area contributed by atoms with E-state index in [4.69, 9.17) is 16.3 Å². The van der Waals surface area contributed by atoms with Crippen molar-refractivity contribution in [2.24, 2.45) is 0 Å². The molecular formula is C23H21ClN2O4. The molecule has 3 saturated heterocycles. The van der Waals surface area contributed by atoms with E-state index >= 15 is 0 Å². The van der Waals surface area contributed by atoms with E-state index in [1.165, 1.54) is 0 Å². The van der Waals surface area contributed by atoms with Gasteiger partial charge in [-0.05, 0) is 36.1 Å². The van der Waals surface area contributed by atoms with Crippen molar-refractivity contribution in [3.63, 3.8) is 0 Å². The number of nitrogens with zero attached hydrogens (tertiary/aromatic N) is 1. The van der Waals surface area contributed by atoms with Gasteiger partial charge < -0.3 is 9.64 Å². The summed E-state index contributed by atoms with van der Waals surface area (Å²) in [5, 5.41) is 2.91. The lowest BCUT2D eigenvalue weighted by Crippen LogP contribution is -2.60. The first-order chi connectivity index (χ1) is 14.5. The number of imide groups is 1. The van der Waals surface area contributed by atoms with Crippen LogP contribution in [-0.4, -0.2) is 36.5 Å². The lowest BCUT2D eigenvalue weighted by atomic mass is 9.88. The second-order valence-electron chi connectivity index (χ2n) is 8.21. The van der Waals surface area contributed by atoms with Crippen LogP contribution in [0.4, 0.5) is 5.69 Å². The van der Waals surface area contributed by atoms with Crippen molar-refractivity contribution >= 4 is 35.0 Å². The SMILES string of the molecule is O=C1CCC(c2cccc(-c3ccc(N4C(=O)CCC45COC5)cc3)c2Cl)C(=O)N1. The van der Waals surface area contributed by atoms with Crippen LogP contribution in [0.2, 0.25) is 5.02 Å². The number of nitrogens with one attached hydrogen (secondary N) is 1. The Hall–Kier alpha value is -2.70. The first kappa shape index (κ1) is 19.3. The van der Waals surface area contributed by atoms with Crippen molar-refractivity contribution in [3.8, 4) is 11.1 Å². The molecule has 3 fully saturated rings. The van der Waals surface area contributed by atoms with Crippen molar-refractivity contribution in [2.75, 3.05) is 18.1 Å². The molecule has 154 valence electrons. The number of hydrogen-bond acceptors (Lipinski definition) is 4. The lowest BCUT2D eigenvalue weighted by Gasteiger charge is -2.45. The molecule has 5 rings (SSSR count). The quantitative estimate of drug-likeness (QED) is 0.766. The molecule has 1 spiro atoms. The molecule has 6 nitrogen and oxygen atoms in total. The maximum Gasteiger partial charge on any atom is 0.234 e. The molecule has 3 amide bonds. The van der Waals surface area contributed by atoms with Crippen molar-refractivity contribution in [2.45, 2.75) is 37.1 Å². The highest BCUT2D eigenvalue weighted by molar-refractivity contribution is 6.34. The number of carbonyl (C=O) groups is 3. The van der Waals surface area contributed by atoms with Gasteiger partial charge >= 0.3 is 0 Å². The summed E-state index contributed by atoms with van der Waals surface area (Å²) in [6, 6.07) is 13.4. The first-order valence-electron chi connectivity index (χ1n) is 10.1. The minimum absolute atomic E-state index is 0.129. The maximum absolute atomic E-state index is 12.5. The molecule has 2 aromatic rings. The predicted molar refractivity (Wildman–Crippen MR) is 112 cm³/mol. The summed E-state index contributed by atoms with van der Waals surface area (Å²) in [7, 11) is 0. The molecule has 3 heterocycles. The van der Waals surface area contributed by atoms with Gasteiger partial charge in [0.15, 0.2) is 0 Å². The standard InChI is InChI=1S/C23H21ClN2O4/c24-21-16(2-1-3-17(21)18-8-9-19(27)25-22(18)29)14-4-6-15(7-5-14)26-20(28)10-11-23(26)12-30-13-23/h1-7,18H,8-13H2,(H,25,27,29). The van der Waals surface area contributed by atoms with Gasteiger partial charge in [-0.25, -0.2) is 0 Å². The molecule has 1 N–H and O–H groups in total. The Balaban J connectivity index is 1.45. The number of carbonyl (C=O) groups excluding carboxylic acids is 3. The van der Waals surface area contributed by atoms with Crippen LogP contribution in [-0.2, 0) is 19.1 Å². The van der Waals surface area contributed by atoms with Crippen LogP contribution in [0, 0.1) is 0 Å². The first-order valence-corrected chi connectivity index (χ1v) is 10.5. The summed E-state index contributed by atoms with van der Waals surface area (Å²) in [4.78, 5) is 38.1. The summed E-state index contributed by atoms with van der Waals surface area (Å²) in [5.74, 6) is -0.856. The third-order valence-electron chi connectivity index (χ3n) is 6.35. The number of piperidine rings is 1. The van der Waals surface area contributed by atoms with E-state index in [-0.39, 0.29) is 23.3 Å². The fraction of sp³-hybridized carbons (Fsp3) is 0.348. The molecule has 0 aliphatic carbocycles. The van der Waals surface area contributed by atoms with E-state index in [9.17, 15) is 14.4 Å². The second kappa shape index (κ2) is 7.22. The Labute approximate surface area is 179 Å². The van der Waals surface area contributed by atoms with Gasteiger partial charge in [0.1, 0.15) is 0 Å². The van der Waals surface area contributed by atoms with E-state index in [1.54, 1.807) is 0 Å². The molecule has 2 aromatic carbocycles. The highest BCUT2D eigenvalue weighted by atomic mass is 35.5. The summed E-state index contributed by atoms with van der Waals surface area (Å²) < 4.78 is 5.39. The zero-order valence-electron chi connectivity index (χ0n) is 16.3. The molecule has 30 heavy (non-hydrogen) atoms. The molecular weight excluding hydrogens is 404 g/mol. The molecule has 0 radical (unpaired) electrons. The van der Waals surface area contributed by atoms with Gasteiger partial charge in [0.25, 0.3) is 0 Å². The molecule has 0 bridgehead atoms. The molecule has 0 saturated carbocycles. The topological polar surface area (TPSA) is 75.7 Å². The number of ether oxygens (including phenoxy) is 1. The van der Waals surface area contributed by atoms with Crippen LogP contribution in [0.5, 0.6) is 0 Å². The summed E-state index contributed by atoms with van der Waals surface area (Å²) >= 11 is 6.70. The second-order valence-corrected chi connectivity index (χ2v) is 8.58. The van der Waals surface area contributed by atoms with E-state index in [1.807, 2.05) is 47.4 Å². The van der Waals surface area contributed by atoms with Gasteiger partial charge in [-0.15, -0.1) is 0 Å². The van der Waals surface area contributed by atoms with Crippen LogP contribution in [0.25, 0.3) is 11.1 Å². The monoisotopic (exact) mass is 424 g/mol. The van der Waals surface area contributed by atoms with Gasteiger partial charge in [0, 0.05) is 24.1 Å².